The van der Waals surface area contributed by atoms with E-state index in [9.17, 15) is 14.4 Å². The van der Waals surface area contributed by atoms with Crippen LogP contribution in [0.15, 0.2) is 30.5 Å². The first-order chi connectivity index (χ1) is 14.0. The molecule has 1 aromatic carbocycles. The Morgan fingerprint density at radius 1 is 1.07 bits per heavy atom. The van der Waals surface area contributed by atoms with E-state index in [4.69, 9.17) is 5.21 Å². The molecule has 1 atom stereocenters. The van der Waals surface area contributed by atoms with Gasteiger partial charge in [-0.15, -0.1) is 0 Å². The fraction of sp³-hybridized carbons (Fsp3) is 0.476. The first kappa shape index (κ1) is 22.4. The van der Waals surface area contributed by atoms with Gasteiger partial charge in [-0.25, -0.2) is 5.48 Å². The molecule has 0 fully saturated rings. The molecule has 0 aliphatic heterocycles. The minimum absolute atomic E-state index is 0.137. The first-order valence-corrected chi connectivity index (χ1v) is 10.1. The first-order valence-electron chi connectivity index (χ1n) is 10.1. The molecule has 1 aromatic heterocycles. The van der Waals surface area contributed by atoms with Gasteiger partial charge >= 0.3 is 0 Å². The van der Waals surface area contributed by atoms with Crippen LogP contribution in [0.25, 0.3) is 10.9 Å². The van der Waals surface area contributed by atoms with Crippen molar-refractivity contribution in [1.82, 2.24) is 21.1 Å². The van der Waals surface area contributed by atoms with Crippen molar-refractivity contribution in [3.05, 3.63) is 36.0 Å². The van der Waals surface area contributed by atoms with E-state index in [0.29, 0.717) is 38.6 Å². The van der Waals surface area contributed by atoms with Gasteiger partial charge in [0.25, 0.3) is 0 Å². The molecule has 1 heterocycles. The van der Waals surface area contributed by atoms with Crippen molar-refractivity contribution in [2.45, 2.75) is 57.9 Å². The Bertz CT molecular complexity index is 818. The van der Waals surface area contributed by atoms with Crippen LogP contribution in [-0.4, -0.2) is 40.5 Å². The molecule has 0 saturated carbocycles. The van der Waals surface area contributed by atoms with Crippen molar-refractivity contribution >= 4 is 28.6 Å². The van der Waals surface area contributed by atoms with E-state index in [1.54, 1.807) is 5.48 Å². The number of hydrogen-bond donors (Lipinski definition) is 5. The topological polar surface area (TPSA) is 123 Å². The Morgan fingerprint density at radius 3 is 2.62 bits per heavy atom. The van der Waals surface area contributed by atoms with Gasteiger partial charge in [0, 0.05) is 42.9 Å². The number of hydrogen-bond acceptors (Lipinski definition) is 4. The predicted octanol–water partition coefficient (Wildman–Crippen LogP) is 2.18. The molecular formula is C21H30N4O4. The zero-order valence-electron chi connectivity index (χ0n) is 16.8. The Hall–Kier alpha value is -2.87. The lowest BCUT2D eigenvalue weighted by atomic mass is 10.0. The highest BCUT2D eigenvalue weighted by atomic mass is 16.5. The van der Waals surface area contributed by atoms with Crippen molar-refractivity contribution in [3.8, 4) is 0 Å². The molecule has 3 amide bonds. The van der Waals surface area contributed by atoms with Gasteiger partial charge in [0.05, 0.1) is 0 Å². The maximum atomic E-state index is 12.7. The third-order valence-electron chi connectivity index (χ3n) is 4.73. The minimum Gasteiger partial charge on any atom is -0.361 e. The quantitative estimate of drug-likeness (QED) is 0.212. The SMILES string of the molecule is CCCC(=O)NC(Cc1c[nH]c2ccccc12)C(=O)NCCCCCC(=O)NO. The fourth-order valence-corrected chi connectivity index (χ4v) is 3.20. The van der Waals surface area contributed by atoms with Crippen molar-refractivity contribution < 1.29 is 19.6 Å². The largest absolute Gasteiger partial charge is 0.361 e. The van der Waals surface area contributed by atoms with E-state index >= 15 is 0 Å². The monoisotopic (exact) mass is 402 g/mol. The van der Waals surface area contributed by atoms with E-state index in [1.807, 2.05) is 37.4 Å². The van der Waals surface area contributed by atoms with Crippen molar-refractivity contribution in [1.29, 1.82) is 0 Å². The molecule has 0 aliphatic rings. The van der Waals surface area contributed by atoms with Crippen LogP contribution < -0.4 is 16.1 Å². The lowest BCUT2D eigenvalue weighted by molar-refractivity contribution is -0.129. The number of amides is 3. The normalized spacial score (nSPS) is 11.8. The van der Waals surface area contributed by atoms with Gasteiger partial charge in [0.1, 0.15) is 6.04 Å². The average molecular weight is 402 g/mol. The number of carbonyl (C=O) groups is 3. The second kappa shape index (κ2) is 11.9. The predicted molar refractivity (Wildman–Crippen MR) is 110 cm³/mol. The number of nitrogens with one attached hydrogen (secondary N) is 4. The molecule has 1 unspecified atom stereocenters. The van der Waals surface area contributed by atoms with Gasteiger partial charge in [-0.05, 0) is 30.9 Å². The molecule has 0 radical (unpaired) electrons. The number of rotatable bonds is 12. The molecular weight excluding hydrogens is 372 g/mol. The number of unbranched alkanes of at least 4 members (excludes halogenated alkanes) is 2. The van der Waals surface area contributed by atoms with Crippen LogP contribution in [0.2, 0.25) is 0 Å². The van der Waals surface area contributed by atoms with Gasteiger partial charge in [0.2, 0.25) is 17.7 Å². The van der Waals surface area contributed by atoms with Crippen LogP contribution in [0.4, 0.5) is 0 Å². The molecule has 2 rings (SSSR count). The molecule has 0 spiro atoms. The van der Waals surface area contributed by atoms with Gasteiger partial charge in [-0.1, -0.05) is 31.5 Å². The van der Waals surface area contributed by atoms with Crippen LogP contribution in [0.3, 0.4) is 0 Å². The van der Waals surface area contributed by atoms with Gasteiger partial charge in [-0.2, -0.15) is 0 Å². The summed E-state index contributed by atoms with van der Waals surface area (Å²) in [4.78, 5) is 39.0. The standard InChI is InChI=1S/C21H30N4O4/c1-2-8-19(26)24-18(13-15-14-23-17-10-6-5-9-16(15)17)21(28)22-12-7-3-4-11-20(27)25-29/h5-6,9-10,14,18,23,29H,2-4,7-8,11-13H2,1H3,(H,22,28)(H,24,26)(H,25,27). The molecule has 5 N–H and O–H groups in total. The van der Waals surface area contributed by atoms with Crippen LogP contribution in [0, 0.1) is 0 Å². The molecule has 8 heteroatoms. The van der Waals surface area contributed by atoms with Crippen LogP contribution in [0.5, 0.6) is 0 Å². The second-order valence-electron chi connectivity index (χ2n) is 7.07. The van der Waals surface area contributed by atoms with Gasteiger partial charge in [0.15, 0.2) is 0 Å². The number of H-pyrrole nitrogens is 1. The summed E-state index contributed by atoms with van der Waals surface area (Å²) in [6.07, 6.45) is 5.73. The number of carbonyl (C=O) groups excluding carboxylic acids is 3. The van der Waals surface area contributed by atoms with Crippen LogP contribution >= 0.6 is 0 Å². The van der Waals surface area contributed by atoms with Crippen molar-refractivity contribution in [2.75, 3.05) is 6.54 Å². The van der Waals surface area contributed by atoms with Gasteiger partial charge in [-0.3, -0.25) is 19.6 Å². The average Bonchev–Trinajstić information content (AvgIpc) is 3.12. The summed E-state index contributed by atoms with van der Waals surface area (Å²) in [5, 5.41) is 15.2. The van der Waals surface area contributed by atoms with Crippen LogP contribution in [0.1, 0.15) is 51.0 Å². The minimum atomic E-state index is -0.645. The highest BCUT2D eigenvalue weighted by molar-refractivity contribution is 5.89. The van der Waals surface area contributed by atoms with Gasteiger partial charge < -0.3 is 15.6 Å². The Labute approximate surface area is 170 Å². The summed E-state index contributed by atoms with van der Waals surface area (Å²) >= 11 is 0. The molecule has 2 aromatic rings. The highest BCUT2D eigenvalue weighted by Crippen LogP contribution is 2.19. The third-order valence-corrected chi connectivity index (χ3v) is 4.73. The summed E-state index contributed by atoms with van der Waals surface area (Å²) in [6, 6.07) is 7.21. The molecule has 0 saturated heterocycles. The zero-order valence-corrected chi connectivity index (χ0v) is 16.8. The third kappa shape index (κ3) is 7.23. The van der Waals surface area contributed by atoms with Crippen molar-refractivity contribution in [3.63, 3.8) is 0 Å². The molecule has 0 aliphatic carbocycles. The van der Waals surface area contributed by atoms with E-state index < -0.39 is 11.9 Å². The van der Waals surface area contributed by atoms with E-state index in [2.05, 4.69) is 15.6 Å². The number of para-hydroxylation sites is 1. The number of aromatic amines is 1. The maximum absolute atomic E-state index is 12.7. The number of aromatic nitrogens is 1. The Morgan fingerprint density at radius 2 is 1.86 bits per heavy atom. The number of fused-ring (bicyclic) bond motifs is 1. The Balaban J connectivity index is 1.91. The second-order valence-corrected chi connectivity index (χ2v) is 7.07. The summed E-state index contributed by atoms with van der Waals surface area (Å²) in [5.41, 5.74) is 3.57. The molecule has 8 nitrogen and oxygen atoms in total. The van der Waals surface area contributed by atoms with E-state index in [0.717, 1.165) is 22.9 Å². The summed E-state index contributed by atoms with van der Waals surface area (Å²) in [5.74, 6) is -0.762. The van der Waals surface area contributed by atoms with Crippen molar-refractivity contribution in [2.24, 2.45) is 0 Å². The van der Waals surface area contributed by atoms with E-state index in [1.165, 1.54) is 0 Å². The highest BCUT2D eigenvalue weighted by Gasteiger charge is 2.22. The van der Waals surface area contributed by atoms with Crippen LogP contribution in [-0.2, 0) is 20.8 Å². The lowest BCUT2D eigenvalue weighted by Crippen LogP contribution is -2.48. The van der Waals surface area contributed by atoms with E-state index in [-0.39, 0.29) is 18.2 Å². The molecule has 158 valence electrons. The fourth-order valence-electron chi connectivity index (χ4n) is 3.20. The molecule has 29 heavy (non-hydrogen) atoms. The number of benzene rings is 1. The summed E-state index contributed by atoms with van der Waals surface area (Å²) in [7, 11) is 0. The number of hydroxylamine groups is 1. The Kier molecular flexibility index (Phi) is 9.17. The zero-order chi connectivity index (χ0) is 21.1. The summed E-state index contributed by atoms with van der Waals surface area (Å²) in [6.45, 7) is 2.39. The maximum Gasteiger partial charge on any atom is 0.243 e. The lowest BCUT2D eigenvalue weighted by Gasteiger charge is -2.18. The molecule has 0 bridgehead atoms. The summed E-state index contributed by atoms with van der Waals surface area (Å²) < 4.78 is 0. The smallest absolute Gasteiger partial charge is 0.243 e.